The molecule has 0 aliphatic heterocycles. The van der Waals surface area contributed by atoms with Gasteiger partial charge in [-0.15, -0.1) is 22.7 Å². The molecule has 0 radical (unpaired) electrons. The molecule has 3 aromatic rings. The number of nitrogens with zero attached hydrogens (tertiary/aromatic N) is 2. The van der Waals surface area contributed by atoms with Crippen LogP contribution < -0.4 is 15.2 Å². The molecule has 6 heteroatoms. The maximum atomic E-state index is 5.03. The second-order valence-electron chi connectivity index (χ2n) is 9.17. The number of hydrogen-bond donors (Lipinski definition) is 1. The Labute approximate surface area is 178 Å². The van der Waals surface area contributed by atoms with Crippen LogP contribution in [0.2, 0.25) is 0 Å². The molecule has 0 amide bonds. The van der Waals surface area contributed by atoms with Crippen LogP contribution in [0, 0.1) is 5.41 Å². The summed E-state index contributed by atoms with van der Waals surface area (Å²) in [6.45, 7) is 11.4. The summed E-state index contributed by atoms with van der Waals surface area (Å²) in [5, 5.41) is 10.2. The molecule has 0 spiro atoms. The van der Waals surface area contributed by atoms with Gasteiger partial charge in [-0.1, -0.05) is 50.3 Å². The monoisotopic (exact) mass is 429 g/mol. The Balaban J connectivity index is 1.75. The number of anilines is 1. The number of fused-ring (bicyclic) bond motifs is 1. The molecule has 28 heavy (non-hydrogen) atoms. The lowest BCUT2D eigenvalue weighted by Crippen LogP contribution is -2.35. The molecule has 0 bridgehead atoms. The third-order valence-electron chi connectivity index (χ3n) is 4.50. The molecule has 3 heterocycles. The molecule has 148 valence electrons. The highest BCUT2D eigenvalue weighted by atomic mass is 32.1. The van der Waals surface area contributed by atoms with Crippen LogP contribution in [-0.2, 0) is 0 Å². The fourth-order valence-electron chi connectivity index (χ4n) is 3.92. The number of rotatable bonds is 5. The van der Waals surface area contributed by atoms with Crippen LogP contribution in [0.5, 0.6) is 0 Å². The maximum Gasteiger partial charge on any atom is 0.154 e. The SMILES string of the molecule is CC(C)(C)CC(C)(C)Nc1sc(-c2nc3c(s2)=CCCC=3)nc1-c1cccs1. The van der Waals surface area contributed by atoms with Gasteiger partial charge in [-0.25, -0.2) is 9.97 Å². The van der Waals surface area contributed by atoms with E-state index in [1.54, 1.807) is 34.0 Å². The Kier molecular flexibility index (Phi) is 5.23. The van der Waals surface area contributed by atoms with Gasteiger partial charge in [-0.3, -0.25) is 0 Å². The van der Waals surface area contributed by atoms with E-state index in [1.807, 2.05) is 0 Å². The molecule has 0 unspecified atom stereocenters. The highest BCUT2D eigenvalue weighted by Gasteiger charge is 2.28. The molecule has 3 nitrogen and oxygen atoms in total. The molecule has 1 aliphatic carbocycles. The topological polar surface area (TPSA) is 37.8 Å². The molecule has 3 aromatic heterocycles. The lowest BCUT2D eigenvalue weighted by atomic mass is 9.82. The van der Waals surface area contributed by atoms with E-state index < -0.39 is 0 Å². The molecular formula is C22H27N3S3. The zero-order valence-electron chi connectivity index (χ0n) is 17.1. The summed E-state index contributed by atoms with van der Waals surface area (Å²) in [5.74, 6) is 0. The van der Waals surface area contributed by atoms with Gasteiger partial charge >= 0.3 is 0 Å². The number of hydrogen-bond acceptors (Lipinski definition) is 6. The fraction of sp³-hybridized carbons (Fsp3) is 0.455. The first-order valence-electron chi connectivity index (χ1n) is 9.71. The van der Waals surface area contributed by atoms with Crippen LogP contribution in [0.1, 0.15) is 53.9 Å². The molecule has 1 N–H and O–H groups in total. The Hall–Kier alpha value is -1.50. The van der Waals surface area contributed by atoms with Crippen molar-refractivity contribution in [1.82, 2.24) is 9.97 Å². The summed E-state index contributed by atoms with van der Waals surface area (Å²) in [7, 11) is 0. The van der Waals surface area contributed by atoms with Gasteiger partial charge in [0.25, 0.3) is 0 Å². The van der Waals surface area contributed by atoms with Crippen LogP contribution in [0.3, 0.4) is 0 Å². The van der Waals surface area contributed by atoms with E-state index >= 15 is 0 Å². The van der Waals surface area contributed by atoms with E-state index in [1.165, 1.54) is 9.41 Å². The van der Waals surface area contributed by atoms with Gasteiger partial charge in [0.1, 0.15) is 10.7 Å². The van der Waals surface area contributed by atoms with Crippen molar-refractivity contribution in [2.45, 2.75) is 59.4 Å². The molecular weight excluding hydrogens is 402 g/mol. The minimum absolute atomic E-state index is 0.0161. The lowest BCUT2D eigenvalue weighted by molar-refractivity contribution is 0.303. The van der Waals surface area contributed by atoms with Crippen molar-refractivity contribution in [3.63, 3.8) is 0 Å². The van der Waals surface area contributed by atoms with Crippen molar-refractivity contribution in [3.05, 3.63) is 27.4 Å². The molecule has 0 saturated heterocycles. The minimum atomic E-state index is -0.0161. The van der Waals surface area contributed by atoms with Gasteiger partial charge in [0.2, 0.25) is 0 Å². The summed E-state index contributed by atoms with van der Waals surface area (Å²) < 4.78 is 1.29. The number of thiophene rings is 1. The molecule has 1 aliphatic rings. The first kappa shape index (κ1) is 19.8. The van der Waals surface area contributed by atoms with Crippen LogP contribution in [0.4, 0.5) is 5.00 Å². The molecule has 0 atom stereocenters. The molecule has 0 aromatic carbocycles. The summed E-state index contributed by atoms with van der Waals surface area (Å²) in [6, 6.07) is 4.25. The summed E-state index contributed by atoms with van der Waals surface area (Å²) >= 11 is 5.23. The van der Waals surface area contributed by atoms with E-state index in [-0.39, 0.29) is 11.0 Å². The zero-order chi connectivity index (χ0) is 19.9. The Morgan fingerprint density at radius 3 is 2.43 bits per heavy atom. The van der Waals surface area contributed by atoms with Crippen molar-refractivity contribution < 1.29 is 0 Å². The van der Waals surface area contributed by atoms with Crippen LogP contribution in [-0.4, -0.2) is 15.5 Å². The summed E-state index contributed by atoms with van der Waals surface area (Å²) in [6.07, 6.45) is 7.82. The summed E-state index contributed by atoms with van der Waals surface area (Å²) in [5.41, 5.74) is 1.29. The Morgan fingerprint density at radius 1 is 1.00 bits per heavy atom. The summed E-state index contributed by atoms with van der Waals surface area (Å²) in [4.78, 5) is 11.1. The van der Waals surface area contributed by atoms with Crippen molar-refractivity contribution in [2.24, 2.45) is 5.41 Å². The van der Waals surface area contributed by atoms with E-state index in [0.29, 0.717) is 0 Å². The molecule has 4 rings (SSSR count). The van der Waals surface area contributed by atoms with Crippen molar-refractivity contribution in [3.8, 4) is 20.6 Å². The van der Waals surface area contributed by atoms with E-state index in [4.69, 9.17) is 9.97 Å². The normalized spacial score (nSPS) is 14.3. The van der Waals surface area contributed by atoms with Gasteiger partial charge in [0.05, 0.1) is 14.8 Å². The number of aromatic nitrogens is 2. The second-order valence-corrected chi connectivity index (χ2v) is 12.2. The standard InChI is InChI=1S/C22H27N3S3/c1-21(2,3)13-22(4,5)25-18-17(16-11-8-12-26-16)24-20(28-18)19-23-14-9-6-7-10-15(14)27-19/h8-12,25H,6-7,13H2,1-5H3. The van der Waals surface area contributed by atoms with Gasteiger partial charge < -0.3 is 5.32 Å². The van der Waals surface area contributed by atoms with E-state index in [2.05, 4.69) is 69.6 Å². The van der Waals surface area contributed by atoms with Gasteiger partial charge in [0.15, 0.2) is 10.0 Å². The lowest BCUT2D eigenvalue weighted by Gasteiger charge is -2.33. The van der Waals surface area contributed by atoms with Crippen LogP contribution in [0.25, 0.3) is 32.7 Å². The van der Waals surface area contributed by atoms with E-state index in [0.717, 1.165) is 45.3 Å². The maximum absolute atomic E-state index is 5.03. The molecule has 0 fully saturated rings. The third kappa shape index (κ3) is 4.39. The highest BCUT2D eigenvalue weighted by Crippen LogP contribution is 2.42. The van der Waals surface area contributed by atoms with Crippen molar-refractivity contribution in [1.29, 1.82) is 0 Å². The fourth-order valence-corrected chi connectivity index (χ4v) is 6.91. The van der Waals surface area contributed by atoms with Crippen LogP contribution >= 0.6 is 34.0 Å². The zero-order valence-corrected chi connectivity index (χ0v) is 19.6. The minimum Gasteiger partial charge on any atom is -0.370 e. The third-order valence-corrected chi connectivity index (χ3v) is 7.56. The number of thiazole rings is 2. The predicted octanol–water partition coefficient (Wildman–Crippen LogP) is 5.98. The number of nitrogens with one attached hydrogen (secondary N) is 1. The first-order chi connectivity index (χ1) is 13.2. The average molecular weight is 430 g/mol. The van der Waals surface area contributed by atoms with E-state index in [9.17, 15) is 0 Å². The Bertz CT molecular complexity index is 1050. The van der Waals surface area contributed by atoms with Crippen molar-refractivity contribution in [2.75, 3.05) is 5.32 Å². The smallest absolute Gasteiger partial charge is 0.154 e. The Morgan fingerprint density at radius 2 is 1.75 bits per heavy atom. The quantitative estimate of drug-likeness (QED) is 0.542. The average Bonchev–Trinajstić information content (AvgIpc) is 3.30. The van der Waals surface area contributed by atoms with Crippen molar-refractivity contribution >= 4 is 51.2 Å². The highest BCUT2D eigenvalue weighted by molar-refractivity contribution is 7.23. The van der Waals surface area contributed by atoms with Gasteiger partial charge in [-0.2, -0.15) is 0 Å². The van der Waals surface area contributed by atoms with Crippen LogP contribution in [0.15, 0.2) is 17.5 Å². The largest absolute Gasteiger partial charge is 0.370 e. The first-order valence-corrected chi connectivity index (χ1v) is 12.2. The van der Waals surface area contributed by atoms with Gasteiger partial charge in [0, 0.05) is 5.54 Å². The predicted molar refractivity (Wildman–Crippen MR) is 126 cm³/mol. The molecule has 0 saturated carbocycles. The van der Waals surface area contributed by atoms with Gasteiger partial charge in [-0.05, 0) is 50.0 Å². The second kappa shape index (κ2) is 7.39.